The third-order valence-electron chi connectivity index (χ3n) is 5.16. The average molecular weight is 428 g/mol. The molecule has 0 radical (unpaired) electrons. The molecule has 1 aliphatic heterocycles. The molecule has 0 unspecified atom stereocenters. The molecule has 0 aliphatic carbocycles. The van der Waals surface area contributed by atoms with Crippen molar-refractivity contribution >= 4 is 15.8 Å². The van der Waals surface area contributed by atoms with Crippen LogP contribution in [0.15, 0.2) is 65.7 Å². The van der Waals surface area contributed by atoms with Crippen LogP contribution >= 0.6 is 0 Å². The molecule has 0 spiro atoms. The molecule has 1 saturated heterocycles. The van der Waals surface area contributed by atoms with Crippen molar-refractivity contribution in [2.75, 3.05) is 25.5 Å². The van der Waals surface area contributed by atoms with E-state index >= 15 is 0 Å². The zero-order valence-electron chi connectivity index (χ0n) is 16.5. The van der Waals surface area contributed by atoms with Gasteiger partial charge in [0.05, 0.1) is 18.1 Å². The van der Waals surface area contributed by atoms with Crippen molar-refractivity contribution in [3.63, 3.8) is 0 Å². The molecule has 2 aromatic carbocycles. The van der Waals surface area contributed by atoms with Gasteiger partial charge in [0.15, 0.2) is 0 Å². The smallest absolute Gasteiger partial charge is 0.244 e. The van der Waals surface area contributed by atoms with Gasteiger partial charge in [0, 0.05) is 35.5 Å². The summed E-state index contributed by atoms with van der Waals surface area (Å²) in [6, 6.07) is 14.4. The Kier molecular flexibility index (Phi) is 5.55. The third kappa shape index (κ3) is 3.81. The van der Waals surface area contributed by atoms with Crippen LogP contribution in [-0.2, 0) is 14.8 Å². The number of nitrogens with zero attached hydrogens (tertiary/aromatic N) is 2. The molecular formula is C22H22FN3O3S. The third-order valence-corrected chi connectivity index (χ3v) is 7.23. The van der Waals surface area contributed by atoms with Crippen LogP contribution in [0.4, 0.5) is 10.2 Å². The number of pyridine rings is 1. The lowest BCUT2D eigenvalue weighted by Gasteiger charge is -2.32. The lowest BCUT2D eigenvalue weighted by atomic mass is 10.0. The van der Waals surface area contributed by atoms with E-state index in [2.05, 4.69) is 4.98 Å². The highest BCUT2D eigenvalue weighted by Crippen LogP contribution is 2.33. The van der Waals surface area contributed by atoms with Gasteiger partial charge in [0.1, 0.15) is 11.6 Å². The van der Waals surface area contributed by atoms with Crippen LogP contribution in [0, 0.1) is 5.82 Å². The van der Waals surface area contributed by atoms with Gasteiger partial charge in [0.2, 0.25) is 10.0 Å². The molecule has 0 saturated carbocycles. The molecule has 1 atom stereocenters. The molecular weight excluding hydrogens is 405 g/mol. The van der Waals surface area contributed by atoms with E-state index in [9.17, 15) is 12.8 Å². The maximum absolute atomic E-state index is 14.9. The van der Waals surface area contributed by atoms with Crippen LogP contribution < -0.4 is 5.73 Å². The van der Waals surface area contributed by atoms with Crippen molar-refractivity contribution in [2.24, 2.45) is 0 Å². The lowest BCUT2D eigenvalue weighted by Crippen LogP contribution is -2.47. The monoisotopic (exact) mass is 427 g/mol. The van der Waals surface area contributed by atoms with Crippen molar-refractivity contribution in [3.8, 4) is 22.3 Å². The molecule has 4 rings (SSSR count). The summed E-state index contributed by atoms with van der Waals surface area (Å²) in [6.07, 6.45) is 1.51. The number of ether oxygens (including phenoxy) is 1. The molecule has 2 heterocycles. The molecule has 6 nitrogen and oxygen atoms in total. The van der Waals surface area contributed by atoms with Gasteiger partial charge in [-0.1, -0.05) is 30.3 Å². The fourth-order valence-corrected chi connectivity index (χ4v) is 5.42. The Morgan fingerprint density at radius 3 is 2.57 bits per heavy atom. The fraction of sp³-hybridized carbons (Fsp3) is 0.227. The van der Waals surface area contributed by atoms with Gasteiger partial charge in [-0.15, -0.1) is 0 Å². The second-order valence-corrected chi connectivity index (χ2v) is 9.06. The number of aromatic nitrogens is 1. The van der Waals surface area contributed by atoms with Crippen LogP contribution in [0.3, 0.4) is 0 Å². The van der Waals surface area contributed by atoms with Gasteiger partial charge >= 0.3 is 0 Å². The molecule has 3 aromatic rings. The van der Waals surface area contributed by atoms with Crippen molar-refractivity contribution < 1.29 is 17.5 Å². The number of hydrogen-bond acceptors (Lipinski definition) is 5. The van der Waals surface area contributed by atoms with E-state index in [-0.39, 0.29) is 17.5 Å². The minimum atomic E-state index is -3.76. The van der Waals surface area contributed by atoms with E-state index in [0.717, 1.165) is 0 Å². The highest BCUT2D eigenvalue weighted by molar-refractivity contribution is 7.89. The predicted octanol–water partition coefficient (Wildman–Crippen LogP) is 3.55. The summed E-state index contributed by atoms with van der Waals surface area (Å²) in [5.41, 5.74) is 7.50. The first-order chi connectivity index (χ1) is 14.4. The zero-order chi connectivity index (χ0) is 21.3. The molecule has 30 heavy (non-hydrogen) atoms. The molecule has 8 heteroatoms. The van der Waals surface area contributed by atoms with Crippen LogP contribution in [0.2, 0.25) is 0 Å². The Morgan fingerprint density at radius 1 is 1.10 bits per heavy atom. The Balaban J connectivity index is 1.75. The molecule has 0 amide bonds. The summed E-state index contributed by atoms with van der Waals surface area (Å²) >= 11 is 0. The number of nitrogens with two attached hydrogens (primary N) is 1. The summed E-state index contributed by atoms with van der Waals surface area (Å²) in [6.45, 7) is 2.80. The quantitative estimate of drug-likeness (QED) is 0.688. The Morgan fingerprint density at radius 2 is 1.87 bits per heavy atom. The average Bonchev–Trinajstić information content (AvgIpc) is 2.75. The zero-order valence-corrected chi connectivity index (χ0v) is 17.3. The topological polar surface area (TPSA) is 85.5 Å². The van der Waals surface area contributed by atoms with Gasteiger partial charge in [-0.3, -0.25) is 0 Å². The number of rotatable bonds is 4. The Bertz CT molecular complexity index is 1170. The van der Waals surface area contributed by atoms with Crippen molar-refractivity contribution in [2.45, 2.75) is 17.9 Å². The number of hydrogen-bond donors (Lipinski definition) is 1. The number of sulfonamides is 1. The summed E-state index contributed by atoms with van der Waals surface area (Å²) < 4.78 is 48.5. The van der Waals surface area contributed by atoms with Crippen LogP contribution in [0.25, 0.3) is 22.3 Å². The summed E-state index contributed by atoms with van der Waals surface area (Å²) in [5.74, 6) is -0.113. The van der Waals surface area contributed by atoms with E-state index in [1.807, 2.05) is 6.92 Å². The maximum atomic E-state index is 14.9. The Hall–Kier alpha value is -2.81. The second-order valence-electron chi connectivity index (χ2n) is 7.20. The van der Waals surface area contributed by atoms with Crippen LogP contribution in [0.5, 0.6) is 0 Å². The largest absolute Gasteiger partial charge is 0.384 e. The highest BCUT2D eigenvalue weighted by Gasteiger charge is 2.33. The van der Waals surface area contributed by atoms with E-state index in [1.165, 1.54) is 16.6 Å². The van der Waals surface area contributed by atoms with Gasteiger partial charge in [0.25, 0.3) is 0 Å². The second kappa shape index (κ2) is 8.14. The molecule has 1 aliphatic rings. The molecule has 156 valence electrons. The standard InChI is InChI=1S/C22H22FN3O3S/c1-15-14-29-11-10-26(15)30(27,28)21-5-3-2-4-19(21)16-6-8-18(20(23)12-16)17-7-9-22(24)25-13-17/h2-9,12-13,15H,10-11,14H2,1H3,(H2,24,25)/t15-/m0/s1. The van der Waals surface area contributed by atoms with Crippen molar-refractivity contribution in [3.05, 3.63) is 66.6 Å². The van der Waals surface area contributed by atoms with Crippen molar-refractivity contribution in [1.82, 2.24) is 9.29 Å². The highest BCUT2D eigenvalue weighted by atomic mass is 32.2. The fourth-order valence-electron chi connectivity index (χ4n) is 3.61. The first-order valence-corrected chi connectivity index (χ1v) is 11.0. The summed E-state index contributed by atoms with van der Waals surface area (Å²) in [7, 11) is -3.76. The minimum Gasteiger partial charge on any atom is -0.384 e. The first kappa shape index (κ1) is 20.5. The van der Waals surface area contributed by atoms with Crippen molar-refractivity contribution in [1.29, 1.82) is 0 Å². The normalized spacial score (nSPS) is 17.7. The SMILES string of the molecule is C[C@H]1COCCN1S(=O)(=O)c1ccccc1-c1ccc(-c2ccc(N)nc2)c(F)c1. The Labute approximate surface area is 175 Å². The minimum absolute atomic E-state index is 0.153. The van der Waals surface area contributed by atoms with E-state index in [1.54, 1.807) is 48.5 Å². The van der Waals surface area contributed by atoms with Crippen LogP contribution in [-0.4, -0.2) is 43.5 Å². The number of anilines is 1. The lowest BCUT2D eigenvalue weighted by molar-refractivity contribution is 0.0393. The number of morpholine rings is 1. The number of benzene rings is 2. The van der Waals surface area contributed by atoms with E-state index in [0.29, 0.717) is 41.3 Å². The number of halogens is 1. The van der Waals surface area contributed by atoms with Gasteiger partial charge in [-0.2, -0.15) is 4.31 Å². The summed E-state index contributed by atoms with van der Waals surface area (Å²) in [4.78, 5) is 4.15. The van der Waals surface area contributed by atoms with Gasteiger partial charge in [-0.05, 0) is 36.8 Å². The predicted molar refractivity (Wildman–Crippen MR) is 114 cm³/mol. The number of nitrogen functional groups attached to an aromatic ring is 1. The van der Waals surface area contributed by atoms with Gasteiger partial charge < -0.3 is 10.5 Å². The van der Waals surface area contributed by atoms with Crippen LogP contribution in [0.1, 0.15) is 6.92 Å². The molecule has 1 fully saturated rings. The van der Waals surface area contributed by atoms with E-state index < -0.39 is 15.8 Å². The first-order valence-electron chi connectivity index (χ1n) is 9.58. The molecule has 1 aromatic heterocycles. The molecule has 0 bridgehead atoms. The maximum Gasteiger partial charge on any atom is 0.244 e. The van der Waals surface area contributed by atoms with Gasteiger partial charge in [-0.25, -0.2) is 17.8 Å². The van der Waals surface area contributed by atoms with E-state index in [4.69, 9.17) is 10.5 Å². The summed E-state index contributed by atoms with van der Waals surface area (Å²) in [5, 5.41) is 0. The molecule has 2 N–H and O–H groups in total.